The minimum atomic E-state index is -4.79. The summed E-state index contributed by atoms with van der Waals surface area (Å²) >= 11 is 1.08. The highest BCUT2D eigenvalue weighted by atomic mass is 32.2. The Hall–Kier alpha value is -3.15. The molecule has 0 bridgehead atoms. The van der Waals surface area contributed by atoms with Gasteiger partial charge in [-0.3, -0.25) is 4.79 Å². The van der Waals surface area contributed by atoms with E-state index in [1.54, 1.807) is 26.0 Å². The summed E-state index contributed by atoms with van der Waals surface area (Å²) in [5.74, 6) is -1.03. The van der Waals surface area contributed by atoms with Crippen molar-refractivity contribution in [3.63, 3.8) is 0 Å². The molecule has 2 unspecified atom stereocenters. The zero-order chi connectivity index (χ0) is 22.6. The molecule has 0 saturated heterocycles. The summed E-state index contributed by atoms with van der Waals surface area (Å²) < 4.78 is 55.1. The Morgan fingerprint density at radius 2 is 1.74 bits per heavy atom. The first-order valence-electron chi connectivity index (χ1n) is 8.99. The van der Waals surface area contributed by atoms with Crippen LogP contribution < -0.4 is 10.1 Å². The van der Waals surface area contributed by atoms with Crippen LogP contribution in [0.5, 0.6) is 5.75 Å². The highest BCUT2D eigenvalue weighted by Gasteiger charge is 2.31. The first-order valence-corrected chi connectivity index (χ1v) is 9.87. The third kappa shape index (κ3) is 6.17. The van der Waals surface area contributed by atoms with Crippen LogP contribution in [0.1, 0.15) is 25.5 Å². The van der Waals surface area contributed by atoms with Crippen LogP contribution in [0.15, 0.2) is 53.7 Å². The number of hydrogen-bond donors (Lipinski definition) is 1. The molecule has 0 fully saturated rings. The molecule has 1 aromatic heterocycles. The summed E-state index contributed by atoms with van der Waals surface area (Å²) in [5, 5.41) is 13.8. The Bertz CT molecular complexity index is 1030. The summed E-state index contributed by atoms with van der Waals surface area (Å²) in [4.78, 5) is 12.5. The molecule has 12 heteroatoms. The van der Waals surface area contributed by atoms with Crippen molar-refractivity contribution in [2.24, 2.45) is 0 Å². The quantitative estimate of drug-likeness (QED) is 0.428. The van der Waals surface area contributed by atoms with E-state index in [-0.39, 0.29) is 28.7 Å². The van der Waals surface area contributed by atoms with E-state index in [1.807, 2.05) is 0 Å². The van der Waals surface area contributed by atoms with Gasteiger partial charge in [0.2, 0.25) is 11.1 Å². The van der Waals surface area contributed by atoms with E-state index in [9.17, 15) is 22.4 Å². The van der Waals surface area contributed by atoms with Crippen molar-refractivity contribution in [1.82, 2.24) is 25.5 Å². The molecule has 3 aromatic rings. The van der Waals surface area contributed by atoms with E-state index < -0.39 is 11.6 Å². The normalized spacial score (nSPS) is 13.5. The molecular formula is C19H17F4N5O2S. The van der Waals surface area contributed by atoms with E-state index in [4.69, 9.17) is 0 Å². The minimum Gasteiger partial charge on any atom is -0.406 e. The fourth-order valence-corrected chi connectivity index (χ4v) is 3.40. The fourth-order valence-electron chi connectivity index (χ4n) is 2.58. The number of nitrogens with one attached hydrogen (secondary N) is 1. The number of nitrogens with zero attached hydrogens (tertiary/aromatic N) is 4. The van der Waals surface area contributed by atoms with Gasteiger partial charge >= 0.3 is 6.36 Å². The van der Waals surface area contributed by atoms with Gasteiger partial charge in [0.25, 0.3) is 0 Å². The molecular weight excluding hydrogens is 438 g/mol. The molecule has 0 aliphatic rings. The van der Waals surface area contributed by atoms with Gasteiger partial charge in [0, 0.05) is 0 Å². The molecule has 2 atom stereocenters. The molecule has 0 radical (unpaired) electrons. The summed E-state index contributed by atoms with van der Waals surface area (Å²) in [6.45, 7) is 3.44. The first-order chi connectivity index (χ1) is 14.6. The second-order valence-electron chi connectivity index (χ2n) is 6.46. The van der Waals surface area contributed by atoms with Crippen molar-refractivity contribution < 1.29 is 27.1 Å². The van der Waals surface area contributed by atoms with Gasteiger partial charge < -0.3 is 10.1 Å². The monoisotopic (exact) mass is 455 g/mol. The maximum atomic E-state index is 13.1. The smallest absolute Gasteiger partial charge is 0.406 e. The predicted molar refractivity (Wildman–Crippen MR) is 104 cm³/mol. The van der Waals surface area contributed by atoms with E-state index >= 15 is 0 Å². The SMILES string of the molecule is CC(Sc1nnnn1-c1ccc(OC(F)(F)F)cc1)C(=O)NC(C)c1ccc(F)cc1. The highest BCUT2D eigenvalue weighted by molar-refractivity contribution is 8.00. The molecule has 2 aromatic carbocycles. The highest BCUT2D eigenvalue weighted by Crippen LogP contribution is 2.27. The zero-order valence-corrected chi connectivity index (χ0v) is 17.1. The van der Waals surface area contributed by atoms with E-state index in [2.05, 4.69) is 25.6 Å². The van der Waals surface area contributed by atoms with Gasteiger partial charge in [0.05, 0.1) is 17.0 Å². The van der Waals surface area contributed by atoms with Crippen molar-refractivity contribution in [3.8, 4) is 11.4 Å². The molecule has 0 saturated carbocycles. The van der Waals surface area contributed by atoms with Gasteiger partial charge in [-0.25, -0.2) is 4.39 Å². The second-order valence-corrected chi connectivity index (χ2v) is 7.76. The number of ether oxygens (including phenoxy) is 1. The van der Waals surface area contributed by atoms with E-state index in [0.717, 1.165) is 29.5 Å². The van der Waals surface area contributed by atoms with Crippen molar-refractivity contribution >= 4 is 17.7 Å². The molecule has 31 heavy (non-hydrogen) atoms. The maximum absolute atomic E-state index is 13.1. The minimum absolute atomic E-state index is 0.279. The lowest BCUT2D eigenvalue weighted by atomic mass is 10.1. The Kier molecular flexibility index (Phi) is 6.78. The third-order valence-corrected chi connectivity index (χ3v) is 5.17. The Labute approximate surface area is 178 Å². The van der Waals surface area contributed by atoms with Crippen LogP contribution in [-0.2, 0) is 4.79 Å². The Morgan fingerprint density at radius 1 is 1.10 bits per heavy atom. The van der Waals surface area contributed by atoms with E-state index in [0.29, 0.717) is 5.69 Å². The molecule has 0 aliphatic carbocycles. The van der Waals surface area contributed by atoms with Gasteiger partial charge in [-0.15, -0.1) is 18.3 Å². The standard InChI is InChI=1S/C19H17F4N5O2S/c1-11(13-3-5-14(20)6-4-13)24-17(29)12(2)31-18-25-26-27-28(18)15-7-9-16(10-8-15)30-19(21,22)23/h3-12H,1-2H3,(H,24,29). The van der Waals surface area contributed by atoms with Crippen LogP contribution in [0.2, 0.25) is 0 Å². The van der Waals surface area contributed by atoms with Crippen LogP contribution in [0.3, 0.4) is 0 Å². The van der Waals surface area contributed by atoms with Crippen LogP contribution in [0.4, 0.5) is 17.6 Å². The lowest BCUT2D eigenvalue weighted by Crippen LogP contribution is -2.33. The number of carbonyl (C=O) groups is 1. The number of alkyl halides is 3. The molecule has 0 aliphatic heterocycles. The van der Waals surface area contributed by atoms with Crippen LogP contribution >= 0.6 is 11.8 Å². The summed E-state index contributed by atoms with van der Waals surface area (Å²) in [6, 6.07) is 10.5. The fraction of sp³-hybridized carbons (Fsp3) is 0.263. The Morgan fingerprint density at radius 3 is 2.35 bits per heavy atom. The van der Waals surface area contributed by atoms with Crippen molar-refractivity contribution in [3.05, 3.63) is 59.9 Å². The van der Waals surface area contributed by atoms with Gasteiger partial charge in [0.1, 0.15) is 11.6 Å². The number of rotatable bonds is 7. The molecule has 1 N–H and O–H groups in total. The predicted octanol–water partition coefficient (Wildman–Crippen LogP) is 4.06. The molecule has 1 amide bonds. The first kappa shape index (κ1) is 22.5. The molecule has 7 nitrogen and oxygen atoms in total. The summed E-state index contributed by atoms with van der Waals surface area (Å²) in [7, 11) is 0. The van der Waals surface area contributed by atoms with Gasteiger partial charge in [-0.1, -0.05) is 23.9 Å². The lowest BCUT2D eigenvalue weighted by Gasteiger charge is -2.17. The number of carbonyl (C=O) groups excluding carboxylic acids is 1. The number of thioether (sulfide) groups is 1. The second kappa shape index (κ2) is 9.33. The zero-order valence-electron chi connectivity index (χ0n) is 16.3. The average molecular weight is 455 g/mol. The molecule has 3 rings (SSSR count). The molecule has 1 heterocycles. The average Bonchev–Trinajstić information content (AvgIpc) is 3.15. The summed E-state index contributed by atoms with van der Waals surface area (Å²) in [5.41, 5.74) is 1.15. The number of benzene rings is 2. The molecule has 0 spiro atoms. The van der Waals surface area contributed by atoms with Crippen LogP contribution in [0.25, 0.3) is 5.69 Å². The number of aromatic nitrogens is 4. The lowest BCUT2D eigenvalue weighted by molar-refractivity contribution is -0.274. The maximum Gasteiger partial charge on any atom is 0.573 e. The van der Waals surface area contributed by atoms with E-state index in [1.165, 1.54) is 28.9 Å². The number of amides is 1. The van der Waals surface area contributed by atoms with Crippen LogP contribution in [-0.4, -0.2) is 37.7 Å². The topological polar surface area (TPSA) is 81.9 Å². The number of halogens is 4. The third-order valence-electron chi connectivity index (χ3n) is 4.14. The summed E-state index contributed by atoms with van der Waals surface area (Å²) in [6.07, 6.45) is -4.79. The van der Waals surface area contributed by atoms with Gasteiger partial charge in [-0.05, 0) is 66.2 Å². The van der Waals surface area contributed by atoms with Gasteiger partial charge in [-0.2, -0.15) is 4.68 Å². The Balaban J connectivity index is 1.65. The van der Waals surface area contributed by atoms with Gasteiger partial charge in [0.15, 0.2) is 0 Å². The number of hydrogen-bond acceptors (Lipinski definition) is 6. The van der Waals surface area contributed by atoms with Crippen LogP contribution in [0, 0.1) is 5.82 Å². The van der Waals surface area contributed by atoms with Crippen molar-refractivity contribution in [2.75, 3.05) is 0 Å². The number of tetrazole rings is 1. The largest absolute Gasteiger partial charge is 0.573 e. The molecule has 164 valence electrons. The van der Waals surface area contributed by atoms with Crippen molar-refractivity contribution in [2.45, 2.75) is 36.7 Å². The van der Waals surface area contributed by atoms with Crippen molar-refractivity contribution in [1.29, 1.82) is 0 Å².